The average Bonchev–Trinajstić information content (AvgIpc) is 2.49. The molecule has 104 valence electrons. The number of hydrogen-bond acceptors (Lipinski definition) is 2. The summed E-state index contributed by atoms with van der Waals surface area (Å²) in [5.41, 5.74) is 3.16. The van der Waals surface area contributed by atoms with Gasteiger partial charge >= 0.3 is 0 Å². The van der Waals surface area contributed by atoms with Gasteiger partial charge in [0.05, 0.1) is 6.04 Å². The molecular formula is C17H19FN2. The molecular weight excluding hydrogens is 251 g/mol. The molecule has 1 heterocycles. The summed E-state index contributed by atoms with van der Waals surface area (Å²) in [6.07, 6.45) is 0. The van der Waals surface area contributed by atoms with E-state index in [1.165, 1.54) is 11.6 Å². The maximum Gasteiger partial charge on any atom is 0.128 e. The first-order chi connectivity index (χ1) is 9.75. The van der Waals surface area contributed by atoms with Gasteiger partial charge in [-0.15, -0.1) is 0 Å². The smallest absolute Gasteiger partial charge is 0.128 e. The van der Waals surface area contributed by atoms with Gasteiger partial charge in [0.2, 0.25) is 0 Å². The molecule has 2 aromatic carbocycles. The highest BCUT2D eigenvalue weighted by molar-refractivity contribution is 5.50. The van der Waals surface area contributed by atoms with Crippen LogP contribution in [-0.2, 0) is 0 Å². The zero-order valence-corrected chi connectivity index (χ0v) is 11.6. The third-order valence-corrected chi connectivity index (χ3v) is 3.87. The zero-order valence-electron chi connectivity index (χ0n) is 11.6. The molecule has 1 fully saturated rings. The van der Waals surface area contributed by atoms with Gasteiger partial charge in [-0.3, -0.25) is 0 Å². The Labute approximate surface area is 119 Å². The minimum absolute atomic E-state index is 0.0488. The molecule has 1 unspecified atom stereocenters. The van der Waals surface area contributed by atoms with Crippen LogP contribution in [0, 0.1) is 12.7 Å². The second kappa shape index (κ2) is 5.63. The number of nitrogens with zero attached hydrogens (tertiary/aromatic N) is 1. The first-order valence-electron chi connectivity index (χ1n) is 7.04. The van der Waals surface area contributed by atoms with Gasteiger partial charge in [-0.2, -0.15) is 0 Å². The molecule has 1 aliphatic rings. The van der Waals surface area contributed by atoms with E-state index in [0.29, 0.717) is 0 Å². The monoisotopic (exact) mass is 270 g/mol. The van der Waals surface area contributed by atoms with Gasteiger partial charge in [0.1, 0.15) is 5.82 Å². The van der Waals surface area contributed by atoms with E-state index in [-0.39, 0.29) is 11.9 Å². The van der Waals surface area contributed by atoms with E-state index < -0.39 is 0 Å². The molecule has 2 nitrogen and oxygen atoms in total. The Morgan fingerprint density at radius 3 is 2.60 bits per heavy atom. The van der Waals surface area contributed by atoms with Crippen LogP contribution in [0.15, 0.2) is 48.5 Å². The fourth-order valence-corrected chi connectivity index (χ4v) is 2.77. The molecule has 0 bridgehead atoms. The molecule has 3 rings (SSSR count). The molecule has 1 N–H and O–H groups in total. The molecule has 1 aliphatic heterocycles. The van der Waals surface area contributed by atoms with Gasteiger partial charge in [-0.05, 0) is 25.1 Å². The molecule has 2 aromatic rings. The summed E-state index contributed by atoms with van der Waals surface area (Å²) < 4.78 is 14.1. The van der Waals surface area contributed by atoms with Crippen molar-refractivity contribution >= 4 is 5.69 Å². The molecule has 0 aliphatic carbocycles. The third-order valence-electron chi connectivity index (χ3n) is 3.87. The molecule has 20 heavy (non-hydrogen) atoms. The van der Waals surface area contributed by atoms with E-state index in [9.17, 15) is 4.39 Å². The van der Waals surface area contributed by atoms with Crippen LogP contribution in [0.2, 0.25) is 0 Å². The first kappa shape index (κ1) is 13.1. The van der Waals surface area contributed by atoms with E-state index in [1.54, 1.807) is 6.07 Å². The average molecular weight is 270 g/mol. The van der Waals surface area contributed by atoms with E-state index in [0.717, 1.165) is 30.9 Å². The first-order valence-corrected chi connectivity index (χ1v) is 7.04. The fraction of sp³-hybridized carbons (Fsp3) is 0.294. The van der Waals surface area contributed by atoms with Crippen LogP contribution in [0.25, 0.3) is 0 Å². The maximum absolute atomic E-state index is 14.1. The Balaban J connectivity index is 1.95. The number of anilines is 1. The van der Waals surface area contributed by atoms with Crippen LogP contribution in [0.5, 0.6) is 0 Å². The Morgan fingerprint density at radius 2 is 1.85 bits per heavy atom. The highest BCUT2D eigenvalue weighted by Gasteiger charge is 2.25. The number of benzene rings is 2. The third kappa shape index (κ3) is 2.54. The van der Waals surface area contributed by atoms with Crippen molar-refractivity contribution in [2.45, 2.75) is 13.0 Å². The molecule has 1 saturated heterocycles. The maximum atomic E-state index is 14.1. The molecule has 0 saturated carbocycles. The van der Waals surface area contributed by atoms with Gasteiger partial charge in [-0.25, -0.2) is 4.39 Å². The molecule has 0 radical (unpaired) electrons. The number of nitrogens with one attached hydrogen (secondary N) is 1. The van der Waals surface area contributed by atoms with Crippen molar-refractivity contribution in [2.24, 2.45) is 0 Å². The summed E-state index contributed by atoms with van der Waals surface area (Å²) in [4.78, 5) is 2.29. The molecule has 0 amide bonds. The Bertz CT molecular complexity index is 580. The Kier molecular flexibility index (Phi) is 3.70. The van der Waals surface area contributed by atoms with Crippen molar-refractivity contribution in [3.8, 4) is 0 Å². The van der Waals surface area contributed by atoms with Crippen molar-refractivity contribution < 1.29 is 4.39 Å². The summed E-state index contributed by atoms with van der Waals surface area (Å²) in [6.45, 7) is 4.67. The standard InChI is InChI=1S/C17H19FN2/c1-13-6-8-14(9-7-13)20-11-10-19-12-17(20)15-4-2-3-5-16(15)18/h2-9,17,19H,10-12H2,1H3. The zero-order chi connectivity index (χ0) is 13.9. The van der Waals surface area contributed by atoms with Crippen LogP contribution in [-0.4, -0.2) is 19.6 Å². The van der Waals surface area contributed by atoms with Gasteiger partial charge in [0.25, 0.3) is 0 Å². The summed E-state index contributed by atoms with van der Waals surface area (Å²) >= 11 is 0. The number of hydrogen-bond donors (Lipinski definition) is 1. The van der Waals surface area contributed by atoms with Gasteiger partial charge in [0, 0.05) is 30.9 Å². The van der Waals surface area contributed by atoms with Gasteiger partial charge in [0.15, 0.2) is 0 Å². The predicted octanol–water partition coefficient (Wildman–Crippen LogP) is 3.29. The number of rotatable bonds is 2. The summed E-state index contributed by atoms with van der Waals surface area (Å²) in [6, 6.07) is 15.6. The van der Waals surface area contributed by atoms with E-state index in [1.807, 2.05) is 12.1 Å². The largest absolute Gasteiger partial charge is 0.362 e. The van der Waals surface area contributed by atoms with Crippen LogP contribution in [0.3, 0.4) is 0 Å². The van der Waals surface area contributed by atoms with Crippen molar-refractivity contribution in [2.75, 3.05) is 24.5 Å². The lowest BCUT2D eigenvalue weighted by Crippen LogP contribution is -2.46. The molecule has 0 spiro atoms. The van der Waals surface area contributed by atoms with Crippen LogP contribution >= 0.6 is 0 Å². The second-order valence-electron chi connectivity index (χ2n) is 5.27. The SMILES string of the molecule is Cc1ccc(N2CCNCC2c2ccccc2F)cc1. The van der Waals surface area contributed by atoms with E-state index >= 15 is 0 Å². The predicted molar refractivity (Wildman–Crippen MR) is 80.5 cm³/mol. The molecule has 3 heteroatoms. The lowest BCUT2D eigenvalue weighted by atomic mass is 10.0. The quantitative estimate of drug-likeness (QED) is 0.901. The van der Waals surface area contributed by atoms with E-state index in [4.69, 9.17) is 0 Å². The lowest BCUT2D eigenvalue weighted by Gasteiger charge is -2.38. The number of aryl methyl sites for hydroxylation is 1. The Morgan fingerprint density at radius 1 is 1.10 bits per heavy atom. The van der Waals surface area contributed by atoms with Crippen molar-refractivity contribution in [1.29, 1.82) is 0 Å². The highest BCUT2D eigenvalue weighted by Crippen LogP contribution is 2.29. The van der Waals surface area contributed by atoms with E-state index in [2.05, 4.69) is 41.4 Å². The van der Waals surface area contributed by atoms with Crippen LogP contribution in [0.4, 0.5) is 10.1 Å². The van der Waals surface area contributed by atoms with Crippen molar-refractivity contribution in [3.63, 3.8) is 0 Å². The number of piperazine rings is 1. The summed E-state index contributed by atoms with van der Waals surface area (Å²) in [7, 11) is 0. The topological polar surface area (TPSA) is 15.3 Å². The summed E-state index contributed by atoms with van der Waals surface area (Å²) in [5, 5.41) is 3.36. The summed E-state index contributed by atoms with van der Waals surface area (Å²) in [5.74, 6) is -0.127. The van der Waals surface area contributed by atoms with Crippen LogP contribution < -0.4 is 10.2 Å². The minimum Gasteiger partial charge on any atom is -0.362 e. The normalized spacial score (nSPS) is 19.1. The van der Waals surface area contributed by atoms with Gasteiger partial charge in [-0.1, -0.05) is 35.9 Å². The molecule has 0 aromatic heterocycles. The lowest BCUT2D eigenvalue weighted by molar-refractivity contribution is 0.471. The van der Waals surface area contributed by atoms with Crippen molar-refractivity contribution in [3.05, 3.63) is 65.5 Å². The molecule has 1 atom stereocenters. The fourth-order valence-electron chi connectivity index (χ4n) is 2.77. The highest BCUT2D eigenvalue weighted by atomic mass is 19.1. The second-order valence-corrected chi connectivity index (χ2v) is 5.27. The van der Waals surface area contributed by atoms with Crippen molar-refractivity contribution in [1.82, 2.24) is 5.32 Å². The van der Waals surface area contributed by atoms with Crippen LogP contribution in [0.1, 0.15) is 17.2 Å². The number of halogens is 1. The van der Waals surface area contributed by atoms with Gasteiger partial charge < -0.3 is 10.2 Å². The Hall–Kier alpha value is -1.87. The minimum atomic E-state index is -0.127.